The van der Waals surface area contributed by atoms with Crippen molar-refractivity contribution >= 4 is 23.0 Å². The van der Waals surface area contributed by atoms with E-state index in [9.17, 15) is 9.59 Å². The Morgan fingerprint density at radius 2 is 2.00 bits per heavy atom. The van der Waals surface area contributed by atoms with Crippen LogP contribution in [0.4, 0.5) is 4.79 Å². The van der Waals surface area contributed by atoms with Gasteiger partial charge in [-0.05, 0) is 25.8 Å². The zero-order valence-corrected chi connectivity index (χ0v) is 13.0. The molecule has 2 aromatic rings. The van der Waals surface area contributed by atoms with Crippen LogP contribution in [0.5, 0.6) is 0 Å². The molecule has 1 aliphatic rings. The average Bonchev–Trinajstić information content (AvgIpc) is 2.89. The second-order valence-corrected chi connectivity index (χ2v) is 5.90. The molecule has 0 spiro atoms. The standard InChI is InChI=1S/C17H20N2O4/c1-11-13-4-2-3-5-14(13)23-15(11)10-18-17(22)19-8-6-12(7-9-19)16(20)21/h2-5,12H,6-10H2,1H3,(H,18,22)(H,20,21). The quantitative estimate of drug-likeness (QED) is 0.912. The summed E-state index contributed by atoms with van der Waals surface area (Å²) in [4.78, 5) is 24.8. The first-order valence-electron chi connectivity index (χ1n) is 7.79. The molecule has 23 heavy (non-hydrogen) atoms. The largest absolute Gasteiger partial charge is 0.481 e. The van der Waals surface area contributed by atoms with E-state index in [1.807, 2.05) is 31.2 Å². The monoisotopic (exact) mass is 316 g/mol. The van der Waals surface area contributed by atoms with Gasteiger partial charge in [0.05, 0.1) is 12.5 Å². The number of hydrogen-bond acceptors (Lipinski definition) is 3. The number of urea groups is 1. The minimum absolute atomic E-state index is 0.173. The molecule has 0 aliphatic carbocycles. The third kappa shape index (κ3) is 3.16. The van der Waals surface area contributed by atoms with E-state index >= 15 is 0 Å². The molecule has 1 aliphatic heterocycles. The summed E-state index contributed by atoms with van der Waals surface area (Å²) < 4.78 is 5.77. The van der Waals surface area contributed by atoms with Crippen LogP contribution in [0.2, 0.25) is 0 Å². The number of carbonyl (C=O) groups is 2. The molecular formula is C17H20N2O4. The number of furan rings is 1. The molecule has 1 saturated heterocycles. The van der Waals surface area contributed by atoms with Crippen molar-refractivity contribution in [2.75, 3.05) is 13.1 Å². The summed E-state index contributed by atoms with van der Waals surface area (Å²) in [6.07, 6.45) is 1.01. The van der Waals surface area contributed by atoms with Crippen LogP contribution >= 0.6 is 0 Å². The lowest BCUT2D eigenvalue weighted by molar-refractivity contribution is -0.143. The average molecular weight is 316 g/mol. The molecule has 2 amide bonds. The Hall–Kier alpha value is -2.50. The number of carboxylic acids is 1. The Morgan fingerprint density at radius 1 is 1.30 bits per heavy atom. The molecule has 0 atom stereocenters. The molecular weight excluding hydrogens is 296 g/mol. The van der Waals surface area contributed by atoms with Crippen LogP contribution in [0, 0.1) is 12.8 Å². The fraction of sp³-hybridized carbons (Fsp3) is 0.412. The maximum Gasteiger partial charge on any atom is 0.317 e. The predicted molar refractivity (Wildman–Crippen MR) is 85.1 cm³/mol. The first kappa shape index (κ1) is 15.4. The fourth-order valence-corrected chi connectivity index (χ4v) is 2.99. The third-order valence-electron chi connectivity index (χ3n) is 4.47. The minimum atomic E-state index is -0.775. The zero-order chi connectivity index (χ0) is 16.4. The number of para-hydroxylation sites is 1. The van der Waals surface area contributed by atoms with Gasteiger partial charge in [0.15, 0.2) is 0 Å². The Morgan fingerprint density at radius 3 is 2.65 bits per heavy atom. The van der Waals surface area contributed by atoms with Crippen LogP contribution in [-0.2, 0) is 11.3 Å². The summed E-state index contributed by atoms with van der Waals surface area (Å²) in [5, 5.41) is 12.9. The van der Waals surface area contributed by atoms with Crippen molar-refractivity contribution in [1.82, 2.24) is 10.2 Å². The number of nitrogens with one attached hydrogen (secondary N) is 1. The second kappa shape index (κ2) is 6.32. The molecule has 1 aromatic heterocycles. The van der Waals surface area contributed by atoms with Crippen molar-refractivity contribution in [3.63, 3.8) is 0 Å². The van der Waals surface area contributed by atoms with Gasteiger partial charge in [0.1, 0.15) is 11.3 Å². The highest BCUT2D eigenvalue weighted by atomic mass is 16.4. The van der Waals surface area contributed by atoms with Crippen molar-refractivity contribution in [2.45, 2.75) is 26.3 Å². The van der Waals surface area contributed by atoms with Crippen LogP contribution in [0.15, 0.2) is 28.7 Å². The van der Waals surface area contributed by atoms with Gasteiger partial charge in [-0.1, -0.05) is 18.2 Å². The van der Waals surface area contributed by atoms with E-state index in [2.05, 4.69) is 5.32 Å². The van der Waals surface area contributed by atoms with Gasteiger partial charge in [-0.3, -0.25) is 4.79 Å². The summed E-state index contributed by atoms with van der Waals surface area (Å²) in [7, 11) is 0. The highest BCUT2D eigenvalue weighted by Crippen LogP contribution is 2.24. The number of piperidine rings is 1. The van der Waals surface area contributed by atoms with Crippen molar-refractivity contribution in [1.29, 1.82) is 0 Å². The first-order valence-corrected chi connectivity index (χ1v) is 7.79. The lowest BCUT2D eigenvalue weighted by atomic mass is 9.97. The molecule has 1 aromatic carbocycles. The number of fused-ring (bicyclic) bond motifs is 1. The maximum atomic E-state index is 12.2. The normalized spacial score (nSPS) is 15.8. The number of rotatable bonds is 3. The summed E-state index contributed by atoms with van der Waals surface area (Å²) >= 11 is 0. The summed E-state index contributed by atoms with van der Waals surface area (Å²) in [6, 6.07) is 7.61. The van der Waals surface area contributed by atoms with Gasteiger partial charge >= 0.3 is 12.0 Å². The zero-order valence-electron chi connectivity index (χ0n) is 13.0. The summed E-state index contributed by atoms with van der Waals surface area (Å²) in [6.45, 7) is 3.26. The number of carbonyl (C=O) groups excluding carboxylic acids is 1. The SMILES string of the molecule is Cc1c(CNC(=O)N2CCC(C(=O)O)CC2)oc2ccccc12. The molecule has 2 N–H and O–H groups in total. The highest BCUT2D eigenvalue weighted by molar-refractivity contribution is 5.82. The summed E-state index contributed by atoms with van der Waals surface area (Å²) in [5.41, 5.74) is 1.85. The molecule has 0 bridgehead atoms. The van der Waals surface area contributed by atoms with Crippen LogP contribution in [0.25, 0.3) is 11.0 Å². The lowest BCUT2D eigenvalue weighted by Gasteiger charge is -2.30. The maximum absolute atomic E-state index is 12.2. The molecule has 6 nitrogen and oxygen atoms in total. The van der Waals surface area contributed by atoms with E-state index in [-0.39, 0.29) is 11.9 Å². The van der Waals surface area contributed by atoms with Gasteiger partial charge in [-0.15, -0.1) is 0 Å². The van der Waals surface area contributed by atoms with Gasteiger partial charge in [0.2, 0.25) is 0 Å². The Bertz CT molecular complexity index is 729. The minimum Gasteiger partial charge on any atom is -0.481 e. The molecule has 122 valence electrons. The molecule has 1 fully saturated rings. The van der Waals surface area contributed by atoms with Crippen molar-refractivity contribution < 1.29 is 19.1 Å². The molecule has 3 rings (SSSR count). The lowest BCUT2D eigenvalue weighted by Crippen LogP contribution is -2.45. The van der Waals surface area contributed by atoms with Crippen LogP contribution < -0.4 is 5.32 Å². The number of likely N-dealkylation sites (tertiary alicyclic amines) is 1. The number of nitrogens with zero attached hydrogens (tertiary/aromatic N) is 1. The molecule has 0 unspecified atom stereocenters. The van der Waals surface area contributed by atoms with Crippen molar-refractivity contribution in [3.05, 3.63) is 35.6 Å². The van der Waals surface area contributed by atoms with E-state index < -0.39 is 5.97 Å². The van der Waals surface area contributed by atoms with Crippen molar-refractivity contribution in [3.8, 4) is 0 Å². The van der Waals surface area contributed by atoms with Gasteiger partial charge in [0.25, 0.3) is 0 Å². The van der Waals surface area contributed by atoms with E-state index in [1.165, 1.54) is 0 Å². The van der Waals surface area contributed by atoms with E-state index in [1.54, 1.807) is 4.90 Å². The molecule has 0 saturated carbocycles. The number of aryl methyl sites for hydroxylation is 1. The molecule has 2 heterocycles. The predicted octanol–water partition coefficient (Wildman–Crippen LogP) is 2.75. The number of benzene rings is 1. The third-order valence-corrected chi connectivity index (χ3v) is 4.47. The van der Waals surface area contributed by atoms with Crippen LogP contribution in [0.1, 0.15) is 24.2 Å². The number of carboxylic acid groups (broad SMARTS) is 1. The Balaban J connectivity index is 1.58. The van der Waals surface area contributed by atoms with Crippen molar-refractivity contribution in [2.24, 2.45) is 5.92 Å². The van der Waals surface area contributed by atoms with Gasteiger partial charge < -0.3 is 19.7 Å². The topological polar surface area (TPSA) is 82.8 Å². The number of hydrogen-bond donors (Lipinski definition) is 2. The molecule has 0 radical (unpaired) electrons. The van der Waals surface area contributed by atoms with Gasteiger partial charge in [0, 0.05) is 24.0 Å². The van der Waals surface area contributed by atoms with E-state index in [0.29, 0.717) is 32.5 Å². The highest BCUT2D eigenvalue weighted by Gasteiger charge is 2.27. The fourth-order valence-electron chi connectivity index (χ4n) is 2.99. The summed E-state index contributed by atoms with van der Waals surface area (Å²) in [5.74, 6) is -0.361. The van der Waals surface area contributed by atoms with Gasteiger partial charge in [-0.25, -0.2) is 4.79 Å². The first-order chi connectivity index (χ1) is 11.1. The van der Waals surface area contributed by atoms with E-state index in [4.69, 9.17) is 9.52 Å². The van der Waals surface area contributed by atoms with Gasteiger partial charge in [-0.2, -0.15) is 0 Å². The van der Waals surface area contributed by atoms with Crippen LogP contribution in [-0.4, -0.2) is 35.1 Å². The Kier molecular flexibility index (Phi) is 4.23. The number of aliphatic carboxylic acids is 1. The van der Waals surface area contributed by atoms with E-state index in [0.717, 1.165) is 22.3 Å². The second-order valence-electron chi connectivity index (χ2n) is 5.90. The van der Waals surface area contributed by atoms with Crippen LogP contribution in [0.3, 0.4) is 0 Å². The molecule has 6 heteroatoms. The number of amides is 2. The Labute approximate surface area is 134 Å². The smallest absolute Gasteiger partial charge is 0.317 e.